The Bertz CT molecular complexity index is 384. The molecule has 5 heteroatoms. The van der Waals surface area contributed by atoms with Crippen LogP contribution in [0, 0.1) is 0 Å². The van der Waals surface area contributed by atoms with Crippen molar-refractivity contribution in [1.82, 2.24) is 0 Å². The van der Waals surface area contributed by atoms with E-state index in [2.05, 4.69) is 6.07 Å². The molecule has 0 bridgehead atoms. The third kappa shape index (κ3) is 2.25. The van der Waals surface area contributed by atoms with Gasteiger partial charge < -0.3 is 15.4 Å². The fourth-order valence-corrected chi connectivity index (χ4v) is 2.09. The van der Waals surface area contributed by atoms with E-state index in [1.54, 1.807) is 0 Å². The standard InChI is InChI=1S/C11H16BNO2.ClH/c1-11(2)9-4-3-8(5-6-13)7-10(9)12(14)15-11;/h3-4,7,14H,5-6,13H2,1-2H3;1H. The Balaban J connectivity index is 0.00000128. The van der Waals surface area contributed by atoms with E-state index in [9.17, 15) is 5.02 Å². The maximum absolute atomic E-state index is 9.76. The molecule has 0 saturated heterocycles. The lowest BCUT2D eigenvalue weighted by Gasteiger charge is -2.19. The Morgan fingerprint density at radius 1 is 1.44 bits per heavy atom. The van der Waals surface area contributed by atoms with Crippen molar-refractivity contribution in [2.75, 3.05) is 6.54 Å². The van der Waals surface area contributed by atoms with Gasteiger partial charge in [-0.3, -0.25) is 0 Å². The first-order valence-corrected chi connectivity index (χ1v) is 5.24. The lowest BCUT2D eigenvalue weighted by atomic mass is 9.77. The van der Waals surface area contributed by atoms with Gasteiger partial charge in [-0.1, -0.05) is 18.2 Å². The van der Waals surface area contributed by atoms with Crippen LogP contribution in [0.5, 0.6) is 0 Å². The van der Waals surface area contributed by atoms with E-state index >= 15 is 0 Å². The number of benzene rings is 1. The fourth-order valence-electron chi connectivity index (χ4n) is 2.09. The van der Waals surface area contributed by atoms with Gasteiger partial charge in [0.2, 0.25) is 0 Å². The van der Waals surface area contributed by atoms with Crippen molar-refractivity contribution in [1.29, 1.82) is 0 Å². The molecule has 0 amide bonds. The van der Waals surface area contributed by atoms with Gasteiger partial charge in [0, 0.05) is 0 Å². The van der Waals surface area contributed by atoms with Crippen molar-refractivity contribution in [2.45, 2.75) is 25.9 Å². The Morgan fingerprint density at radius 2 is 2.12 bits per heavy atom. The van der Waals surface area contributed by atoms with Crippen molar-refractivity contribution < 1.29 is 9.68 Å². The summed E-state index contributed by atoms with van der Waals surface area (Å²) in [6, 6.07) is 6.06. The van der Waals surface area contributed by atoms with E-state index < -0.39 is 12.7 Å². The van der Waals surface area contributed by atoms with E-state index in [-0.39, 0.29) is 12.4 Å². The number of hydrogen-bond acceptors (Lipinski definition) is 3. The van der Waals surface area contributed by atoms with Crippen LogP contribution in [0.1, 0.15) is 25.0 Å². The molecule has 0 radical (unpaired) electrons. The lowest BCUT2D eigenvalue weighted by Crippen LogP contribution is -2.29. The molecule has 0 spiro atoms. The van der Waals surface area contributed by atoms with E-state index in [4.69, 9.17) is 10.4 Å². The number of halogens is 1. The van der Waals surface area contributed by atoms with E-state index in [1.165, 1.54) is 0 Å². The second-order valence-electron chi connectivity index (χ2n) is 4.44. The normalized spacial score (nSPS) is 16.9. The summed E-state index contributed by atoms with van der Waals surface area (Å²) in [4.78, 5) is 0. The number of rotatable bonds is 2. The number of hydrogen-bond donors (Lipinski definition) is 2. The molecule has 1 heterocycles. The molecule has 1 aromatic carbocycles. The van der Waals surface area contributed by atoms with Crippen LogP contribution in [0.25, 0.3) is 0 Å². The molecular formula is C11H17BClNO2. The van der Waals surface area contributed by atoms with Crippen LogP contribution in [0.15, 0.2) is 18.2 Å². The van der Waals surface area contributed by atoms with Crippen molar-refractivity contribution in [3.8, 4) is 0 Å². The third-order valence-electron chi connectivity index (χ3n) is 2.87. The Labute approximate surface area is 103 Å². The summed E-state index contributed by atoms with van der Waals surface area (Å²) in [5.41, 5.74) is 8.20. The van der Waals surface area contributed by atoms with Gasteiger partial charge in [0.1, 0.15) is 0 Å². The molecular weight excluding hydrogens is 224 g/mol. The molecule has 3 N–H and O–H groups in total. The predicted octanol–water partition coefficient (Wildman–Crippen LogP) is 0.562. The molecule has 1 aromatic rings. The zero-order valence-electron chi connectivity index (χ0n) is 9.56. The minimum absolute atomic E-state index is 0. The summed E-state index contributed by atoms with van der Waals surface area (Å²) in [6.07, 6.45) is 0.834. The molecule has 1 aliphatic rings. The summed E-state index contributed by atoms with van der Waals surface area (Å²) in [5.74, 6) is 0. The maximum atomic E-state index is 9.76. The van der Waals surface area contributed by atoms with Crippen molar-refractivity contribution in [3.05, 3.63) is 29.3 Å². The second-order valence-corrected chi connectivity index (χ2v) is 4.44. The molecule has 0 aliphatic carbocycles. The highest BCUT2D eigenvalue weighted by Gasteiger charge is 2.40. The second kappa shape index (κ2) is 4.76. The van der Waals surface area contributed by atoms with Gasteiger partial charge in [-0.05, 0) is 43.4 Å². The van der Waals surface area contributed by atoms with Crippen molar-refractivity contribution in [2.24, 2.45) is 5.73 Å². The Morgan fingerprint density at radius 3 is 2.75 bits per heavy atom. The molecule has 1 aliphatic heterocycles. The van der Waals surface area contributed by atoms with Crippen LogP contribution >= 0.6 is 12.4 Å². The third-order valence-corrected chi connectivity index (χ3v) is 2.87. The smallest absolute Gasteiger partial charge is 0.423 e. The summed E-state index contributed by atoms with van der Waals surface area (Å²) in [7, 11) is -0.798. The first kappa shape index (κ1) is 13.5. The zero-order chi connectivity index (χ0) is 11.1. The van der Waals surface area contributed by atoms with Crippen LogP contribution in [0.2, 0.25) is 0 Å². The van der Waals surface area contributed by atoms with Gasteiger partial charge in [0.05, 0.1) is 5.60 Å². The SMILES string of the molecule is CC1(C)OB(O)c2cc(CCN)ccc21.Cl. The number of fused-ring (bicyclic) bond motifs is 1. The Kier molecular flexibility index (Phi) is 4.02. The molecule has 88 valence electrons. The molecule has 0 unspecified atom stereocenters. The molecule has 0 fully saturated rings. The average Bonchev–Trinajstić information content (AvgIpc) is 2.38. The van der Waals surface area contributed by atoms with Gasteiger partial charge in [-0.2, -0.15) is 0 Å². The van der Waals surface area contributed by atoms with Crippen LogP contribution in [0.3, 0.4) is 0 Å². The van der Waals surface area contributed by atoms with Gasteiger partial charge in [0.25, 0.3) is 0 Å². The summed E-state index contributed by atoms with van der Waals surface area (Å²) < 4.78 is 5.48. The van der Waals surface area contributed by atoms with E-state index in [1.807, 2.05) is 26.0 Å². The van der Waals surface area contributed by atoms with Gasteiger partial charge in [0.15, 0.2) is 0 Å². The quantitative estimate of drug-likeness (QED) is 0.744. The van der Waals surface area contributed by atoms with Crippen LogP contribution in [-0.4, -0.2) is 18.7 Å². The topological polar surface area (TPSA) is 55.5 Å². The fraction of sp³-hybridized carbons (Fsp3) is 0.455. The molecule has 0 saturated carbocycles. The highest BCUT2D eigenvalue weighted by Crippen LogP contribution is 2.29. The minimum Gasteiger partial charge on any atom is -0.423 e. The summed E-state index contributed by atoms with van der Waals surface area (Å²) in [6.45, 7) is 4.55. The highest BCUT2D eigenvalue weighted by atomic mass is 35.5. The van der Waals surface area contributed by atoms with Crippen molar-refractivity contribution in [3.63, 3.8) is 0 Å². The van der Waals surface area contributed by atoms with Crippen molar-refractivity contribution >= 4 is 25.0 Å². The highest BCUT2D eigenvalue weighted by molar-refractivity contribution is 6.62. The maximum Gasteiger partial charge on any atom is 0.492 e. The molecule has 3 nitrogen and oxygen atoms in total. The van der Waals surface area contributed by atoms with E-state index in [0.717, 1.165) is 23.0 Å². The van der Waals surface area contributed by atoms with Gasteiger partial charge >= 0.3 is 7.12 Å². The minimum atomic E-state index is -0.798. The molecule has 2 rings (SSSR count). The van der Waals surface area contributed by atoms with Gasteiger partial charge in [-0.25, -0.2) is 0 Å². The first-order valence-electron chi connectivity index (χ1n) is 5.24. The molecule has 0 atom stereocenters. The first-order chi connectivity index (χ1) is 7.04. The molecule has 0 aromatic heterocycles. The van der Waals surface area contributed by atoms with E-state index in [0.29, 0.717) is 6.54 Å². The number of nitrogens with two attached hydrogens (primary N) is 1. The zero-order valence-corrected chi connectivity index (χ0v) is 10.4. The average molecular weight is 242 g/mol. The monoisotopic (exact) mass is 241 g/mol. The summed E-state index contributed by atoms with van der Waals surface area (Å²) >= 11 is 0. The summed E-state index contributed by atoms with van der Waals surface area (Å²) in [5, 5.41) is 9.76. The Hall–Kier alpha value is -0.545. The van der Waals surface area contributed by atoms with Crippen LogP contribution in [0.4, 0.5) is 0 Å². The molecule has 16 heavy (non-hydrogen) atoms. The van der Waals surface area contributed by atoms with Crippen LogP contribution < -0.4 is 11.2 Å². The predicted molar refractivity (Wildman–Crippen MR) is 68.2 cm³/mol. The largest absolute Gasteiger partial charge is 0.492 e. The van der Waals surface area contributed by atoms with Crippen LogP contribution in [-0.2, 0) is 16.7 Å². The van der Waals surface area contributed by atoms with Gasteiger partial charge in [-0.15, -0.1) is 12.4 Å². The lowest BCUT2D eigenvalue weighted by molar-refractivity contribution is 0.101.